The van der Waals surface area contributed by atoms with Gasteiger partial charge in [-0.2, -0.15) is 0 Å². The van der Waals surface area contributed by atoms with Gasteiger partial charge in [-0.15, -0.1) is 0 Å². The molecule has 0 aromatic heterocycles. The third-order valence-electron chi connectivity index (χ3n) is 3.17. The lowest BCUT2D eigenvalue weighted by molar-refractivity contribution is 0.150. The smallest absolute Gasteiger partial charge is 0.0690 e. The number of hydrogen-bond donors (Lipinski definition) is 1. The summed E-state index contributed by atoms with van der Waals surface area (Å²) < 4.78 is 0. The molecule has 0 amide bonds. The van der Waals surface area contributed by atoms with Gasteiger partial charge in [-0.05, 0) is 50.3 Å². The fraction of sp³-hybridized carbons (Fsp3) is 0.538. The number of hydrogen-bond acceptors (Lipinski definition) is 1. The molecule has 1 aromatic carbocycles. The molecule has 0 unspecified atom stereocenters. The van der Waals surface area contributed by atoms with Gasteiger partial charge in [-0.1, -0.05) is 17.7 Å². The van der Waals surface area contributed by atoms with Crippen molar-refractivity contribution in [3.05, 3.63) is 34.4 Å². The van der Waals surface area contributed by atoms with Crippen molar-refractivity contribution in [2.45, 2.75) is 45.6 Å². The van der Waals surface area contributed by atoms with E-state index in [2.05, 4.69) is 32.9 Å². The van der Waals surface area contributed by atoms with E-state index in [9.17, 15) is 5.11 Å². The molecule has 2 rings (SSSR count). The van der Waals surface area contributed by atoms with E-state index >= 15 is 0 Å². The Kier molecular flexibility index (Phi) is 2.15. The Morgan fingerprint density at radius 3 is 2.07 bits per heavy atom. The second-order valence-corrected chi connectivity index (χ2v) is 4.78. The van der Waals surface area contributed by atoms with E-state index in [1.807, 2.05) is 0 Å². The molecule has 14 heavy (non-hydrogen) atoms. The average Bonchev–Trinajstić information content (AvgIpc) is 2.77. The zero-order valence-corrected chi connectivity index (χ0v) is 9.22. The molecule has 0 spiro atoms. The molecule has 0 saturated heterocycles. The minimum atomic E-state index is -0.370. The molecule has 0 aliphatic heterocycles. The van der Waals surface area contributed by atoms with Crippen molar-refractivity contribution in [1.82, 2.24) is 0 Å². The van der Waals surface area contributed by atoms with Crippen LogP contribution in [0.4, 0.5) is 0 Å². The lowest BCUT2D eigenvalue weighted by atomic mass is 9.94. The first kappa shape index (κ1) is 9.72. The Hall–Kier alpha value is -0.820. The van der Waals surface area contributed by atoms with E-state index in [0.717, 1.165) is 19.3 Å². The van der Waals surface area contributed by atoms with Gasteiger partial charge >= 0.3 is 0 Å². The minimum absolute atomic E-state index is 0.370. The molecule has 1 aliphatic rings. The quantitative estimate of drug-likeness (QED) is 0.760. The van der Waals surface area contributed by atoms with Crippen LogP contribution in [0.25, 0.3) is 0 Å². The molecule has 76 valence electrons. The van der Waals surface area contributed by atoms with Crippen molar-refractivity contribution in [1.29, 1.82) is 0 Å². The summed E-state index contributed by atoms with van der Waals surface area (Å²) in [5.41, 5.74) is 4.93. The van der Waals surface area contributed by atoms with Crippen molar-refractivity contribution >= 4 is 0 Å². The Balaban J connectivity index is 2.32. The molecule has 0 radical (unpaired) electrons. The first-order valence-corrected chi connectivity index (χ1v) is 5.29. The number of aliphatic hydroxyl groups is 1. The summed E-state index contributed by atoms with van der Waals surface area (Å²) in [6.45, 7) is 6.40. The van der Waals surface area contributed by atoms with E-state index in [1.165, 1.54) is 22.3 Å². The molecule has 1 aromatic rings. The largest absolute Gasteiger partial charge is 0.390 e. The SMILES string of the molecule is Cc1cc(C)c(CC2(O)CC2)c(C)c1. The van der Waals surface area contributed by atoms with Crippen molar-refractivity contribution in [2.24, 2.45) is 0 Å². The van der Waals surface area contributed by atoms with Gasteiger partial charge in [0.05, 0.1) is 5.60 Å². The van der Waals surface area contributed by atoms with Gasteiger partial charge in [0, 0.05) is 6.42 Å². The highest BCUT2D eigenvalue weighted by Gasteiger charge is 2.40. The summed E-state index contributed by atoms with van der Waals surface area (Å²) >= 11 is 0. The Bertz CT molecular complexity index is 338. The van der Waals surface area contributed by atoms with E-state index in [0.29, 0.717) is 0 Å². The lowest BCUT2D eigenvalue weighted by Gasteiger charge is -2.14. The highest BCUT2D eigenvalue weighted by atomic mass is 16.3. The third kappa shape index (κ3) is 1.83. The van der Waals surface area contributed by atoms with Crippen LogP contribution in [0, 0.1) is 20.8 Å². The molecular formula is C13H18O. The van der Waals surface area contributed by atoms with Gasteiger partial charge in [0.2, 0.25) is 0 Å². The zero-order chi connectivity index (χ0) is 10.3. The summed E-state index contributed by atoms with van der Waals surface area (Å²) in [5.74, 6) is 0. The van der Waals surface area contributed by atoms with Crippen LogP contribution < -0.4 is 0 Å². The first-order valence-electron chi connectivity index (χ1n) is 5.29. The molecule has 1 fully saturated rings. The topological polar surface area (TPSA) is 20.2 Å². The van der Waals surface area contributed by atoms with Crippen LogP contribution in [0.5, 0.6) is 0 Å². The second-order valence-electron chi connectivity index (χ2n) is 4.78. The Labute approximate surface area is 85.8 Å². The van der Waals surface area contributed by atoms with E-state index in [1.54, 1.807) is 0 Å². The molecule has 0 atom stereocenters. The first-order chi connectivity index (χ1) is 6.50. The van der Waals surface area contributed by atoms with E-state index < -0.39 is 0 Å². The van der Waals surface area contributed by atoms with Crippen molar-refractivity contribution in [3.63, 3.8) is 0 Å². The maximum Gasteiger partial charge on any atom is 0.0690 e. The van der Waals surface area contributed by atoms with Gasteiger partial charge < -0.3 is 5.11 Å². The molecule has 1 saturated carbocycles. The lowest BCUT2D eigenvalue weighted by Crippen LogP contribution is -2.13. The molecule has 0 bridgehead atoms. The van der Waals surface area contributed by atoms with Crippen LogP contribution in [-0.4, -0.2) is 10.7 Å². The highest BCUT2D eigenvalue weighted by molar-refractivity contribution is 5.39. The van der Waals surface area contributed by atoms with Crippen LogP contribution in [0.3, 0.4) is 0 Å². The Morgan fingerprint density at radius 2 is 1.64 bits per heavy atom. The second kappa shape index (κ2) is 3.09. The van der Waals surface area contributed by atoms with Crippen molar-refractivity contribution in [3.8, 4) is 0 Å². The molecule has 1 nitrogen and oxygen atoms in total. The minimum Gasteiger partial charge on any atom is -0.390 e. The van der Waals surface area contributed by atoms with Crippen molar-refractivity contribution < 1.29 is 5.11 Å². The number of aryl methyl sites for hydroxylation is 3. The third-order valence-corrected chi connectivity index (χ3v) is 3.17. The van der Waals surface area contributed by atoms with Crippen LogP contribution in [-0.2, 0) is 6.42 Å². The normalized spacial score (nSPS) is 18.3. The number of rotatable bonds is 2. The summed E-state index contributed by atoms with van der Waals surface area (Å²) in [7, 11) is 0. The Morgan fingerprint density at radius 1 is 1.14 bits per heavy atom. The summed E-state index contributed by atoms with van der Waals surface area (Å²) in [4.78, 5) is 0. The molecule has 1 aliphatic carbocycles. The van der Waals surface area contributed by atoms with Gasteiger partial charge in [0.15, 0.2) is 0 Å². The van der Waals surface area contributed by atoms with Crippen LogP contribution >= 0.6 is 0 Å². The maximum atomic E-state index is 9.90. The van der Waals surface area contributed by atoms with E-state index in [-0.39, 0.29) is 5.60 Å². The summed E-state index contributed by atoms with van der Waals surface area (Å²) in [6, 6.07) is 4.40. The highest BCUT2D eigenvalue weighted by Crippen LogP contribution is 2.39. The average molecular weight is 190 g/mol. The molecule has 0 heterocycles. The summed E-state index contributed by atoms with van der Waals surface area (Å²) in [5, 5.41) is 9.90. The predicted octanol–water partition coefficient (Wildman–Crippen LogP) is 2.68. The van der Waals surface area contributed by atoms with Crippen molar-refractivity contribution in [2.75, 3.05) is 0 Å². The standard InChI is InChI=1S/C13H18O/c1-9-6-10(2)12(11(3)7-9)8-13(14)4-5-13/h6-7,14H,4-5,8H2,1-3H3. The monoisotopic (exact) mass is 190 g/mol. The van der Waals surface area contributed by atoms with Gasteiger partial charge in [0.1, 0.15) is 0 Å². The predicted molar refractivity (Wildman–Crippen MR) is 58.5 cm³/mol. The summed E-state index contributed by atoms with van der Waals surface area (Å²) in [6.07, 6.45) is 2.78. The van der Waals surface area contributed by atoms with Gasteiger partial charge in [-0.3, -0.25) is 0 Å². The fourth-order valence-corrected chi connectivity index (χ4v) is 2.14. The zero-order valence-electron chi connectivity index (χ0n) is 9.22. The molecule has 1 heteroatoms. The fourth-order valence-electron chi connectivity index (χ4n) is 2.14. The van der Waals surface area contributed by atoms with Crippen LogP contribution in [0.2, 0.25) is 0 Å². The van der Waals surface area contributed by atoms with Gasteiger partial charge in [0.25, 0.3) is 0 Å². The van der Waals surface area contributed by atoms with Crippen LogP contribution in [0.1, 0.15) is 35.1 Å². The maximum absolute atomic E-state index is 9.90. The molecule has 1 N–H and O–H groups in total. The van der Waals surface area contributed by atoms with Gasteiger partial charge in [-0.25, -0.2) is 0 Å². The van der Waals surface area contributed by atoms with Crippen LogP contribution in [0.15, 0.2) is 12.1 Å². The van der Waals surface area contributed by atoms with E-state index in [4.69, 9.17) is 0 Å². The molecular weight excluding hydrogens is 172 g/mol. The number of benzene rings is 1.